The van der Waals surface area contributed by atoms with Crippen molar-refractivity contribution in [3.8, 4) is 11.5 Å². The van der Waals surface area contributed by atoms with E-state index in [4.69, 9.17) is 4.74 Å². The van der Waals surface area contributed by atoms with Crippen molar-refractivity contribution in [2.24, 2.45) is 0 Å². The zero-order valence-electron chi connectivity index (χ0n) is 14.7. The molecule has 3 aromatic rings. The Morgan fingerprint density at radius 3 is 2.62 bits per heavy atom. The molecule has 0 saturated heterocycles. The number of carbonyl (C=O) groups is 1. The first-order valence-corrected chi connectivity index (χ1v) is 9.63. The summed E-state index contributed by atoms with van der Waals surface area (Å²) in [7, 11) is 0. The lowest BCUT2D eigenvalue weighted by Crippen LogP contribution is -2.12. The molecule has 1 aromatic heterocycles. The van der Waals surface area contributed by atoms with Crippen molar-refractivity contribution in [1.82, 2.24) is 4.98 Å². The van der Waals surface area contributed by atoms with Gasteiger partial charge in [0.15, 0.2) is 0 Å². The number of rotatable bonds is 6. The lowest BCUT2D eigenvalue weighted by molar-refractivity contribution is 0.102. The van der Waals surface area contributed by atoms with Crippen molar-refractivity contribution in [1.29, 1.82) is 0 Å². The number of thioether (sulfide) groups is 1. The molecule has 0 bridgehead atoms. The molecule has 0 fully saturated rings. The van der Waals surface area contributed by atoms with Gasteiger partial charge in [-0.2, -0.15) is 11.8 Å². The molecule has 0 aliphatic rings. The Balaban J connectivity index is 1.68. The molecule has 4 nitrogen and oxygen atoms in total. The number of amides is 1. The van der Waals surface area contributed by atoms with Crippen LogP contribution in [0.3, 0.4) is 0 Å². The fourth-order valence-corrected chi connectivity index (χ4v) is 3.02. The van der Waals surface area contributed by atoms with Crippen LogP contribution in [0, 0.1) is 6.92 Å². The predicted octanol–water partition coefficient (Wildman–Crippen LogP) is 5.30. The molecule has 0 atom stereocenters. The number of ether oxygens (including phenoxy) is 1. The van der Waals surface area contributed by atoms with Gasteiger partial charge < -0.3 is 10.1 Å². The van der Waals surface area contributed by atoms with E-state index in [9.17, 15) is 4.79 Å². The molecule has 2 aromatic carbocycles. The molecule has 0 radical (unpaired) electrons. The average Bonchev–Trinajstić information content (AvgIpc) is 2.66. The second-order valence-electron chi connectivity index (χ2n) is 5.86. The molecule has 1 heterocycles. The number of hydrogen-bond acceptors (Lipinski definition) is 4. The van der Waals surface area contributed by atoms with Crippen LogP contribution < -0.4 is 10.1 Å². The lowest BCUT2D eigenvalue weighted by Gasteiger charge is -2.11. The summed E-state index contributed by atoms with van der Waals surface area (Å²) in [5.74, 6) is 2.23. The minimum Gasteiger partial charge on any atom is -0.455 e. The van der Waals surface area contributed by atoms with Gasteiger partial charge in [0.2, 0.25) is 0 Å². The summed E-state index contributed by atoms with van der Waals surface area (Å²) < 4.78 is 5.81. The van der Waals surface area contributed by atoms with E-state index in [1.807, 2.05) is 61.5 Å². The van der Waals surface area contributed by atoms with Gasteiger partial charge in [0.25, 0.3) is 5.91 Å². The van der Waals surface area contributed by atoms with Crippen LogP contribution in [-0.2, 0) is 5.75 Å². The number of nitrogens with one attached hydrogen (secondary N) is 1. The molecule has 0 aliphatic heterocycles. The van der Waals surface area contributed by atoms with E-state index in [2.05, 4.69) is 16.6 Å². The molecule has 1 amide bonds. The standard InChI is InChI=1S/C21H20N2O2S/c1-15-12-18(9-10-20(15)25-19-4-3-11-22-13-19)23-21(24)17-7-5-16(6-8-17)14-26-2/h3-13H,14H2,1-2H3,(H,23,24). The SMILES string of the molecule is CSCc1ccc(C(=O)Nc2ccc(Oc3cccnc3)c(C)c2)cc1. The monoisotopic (exact) mass is 364 g/mol. The molecule has 5 heteroatoms. The minimum atomic E-state index is -0.124. The number of hydrogen-bond donors (Lipinski definition) is 1. The first-order chi connectivity index (χ1) is 12.7. The molecule has 1 N–H and O–H groups in total. The third-order valence-corrected chi connectivity index (χ3v) is 4.44. The molecule has 0 spiro atoms. The number of pyridine rings is 1. The van der Waals surface area contributed by atoms with E-state index >= 15 is 0 Å². The highest BCUT2D eigenvalue weighted by Gasteiger charge is 2.08. The maximum atomic E-state index is 12.4. The van der Waals surface area contributed by atoms with E-state index in [0.29, 0.717) is 11.3 Å². The summed E-state index contributed by atoms with van der Waals surface area (Å²) in [6.45, 7) is 1.94. The van der Waals surface area contributed by atoms with Crippen molar-refractivity contribution in [2.75, 3.05) is 11.6 Å². The Morgan fingerprint density at radius 1 is 1.15 bits per heavy atom. The van der Waals surface area contributed by atoms with Gasteiger partial charge in [0, 0.05) is 23.2 Å². The Kier molecular flexibility index (Phi) is 5.92. The molecule has 3 rings (SSSR count). The van der Waals surface area contributed by atoms with E-state index in [1.165, 1.54) is 5.56 Å². The molecular formula is C21H20N2O2S. The van der Waals surface area contributed by atoms with Crippen molar-refractivity contribution in [3.05, 3.63) is 83.7 Å². The van der Waals surface area contributed by atoms with Crippen molar-refractivity contribution in [3.63, 3.8) is 0 Å². The highest BCUT2D eigenvalue weighted by atomic mass is 32.2. The van der Waals surface area contributed by atoms with Crippen LogP contribution in [0.5, 0.6) is 11.5 Å². The Bertz CT molecular complexity index is 880. The molecule has 26 heavy (non-hydrogen) atoms. The van der Waals surface area contributed by atoms with Crippen LogP contribution in [0.15, 0.2) is 67.0 Å². The van der Waals surface area contributed by atoms with Crippen molar-refractivity contribution >= 4 is 23.4 Å². The fraction of sp³-hybridized carbons (Fsp3) is 0.143. The second kappa shape index (κ2) is 8.54. The summed E-state index contributed by atoms with van der Waals surface area (Å²) in [6, 6.07) is 16.9. The molecule has 132 valence electrons. The normalized spacial score (nSPS) is 10.4. The van der Waals surface area contributed by atoms with Gasteiger partial charge in [0.1, 0.15) is 11.5 Å². The van der Waals surface area contributed by atoms with Crippen LogP contribution in [0.25, 0.3) is 0 Å². The van der Waals surface area contributed by atoms with Crippen LogP contribution in [0.4, 0.5) is 5.69 Å². The predicted molar refractivity (Wildman–Crippen MR) is 107 cm³/mol. The van der Waals surface area contributed by atoms with Gasteiger partial charge in [-0.05, 0) is 66.8 Å². The first kappa shape index (κ1) is 18.0. The van der Waals surface area contributed by atoms with E-state index in [0.717, 1.165) is 22.8 Å². The molecule has 0 unspecified atom stereocenters. The third kappa shape index (κ3) is 4.64. The quantitative estimate of drug-likeness (QED) is 0.645. The zero-order valence-corrected chi connectivity index (χ0v) is 15.5. The van der Waals surface area contributed by atoms with Gasteiger partial charge in [-0.25, -0.2) is 0 Å². The summed E-state index contributed by atoms with van der Waals surface area (Å²) in [4.78, 5) is 16.5. The van der Waals surface area contributed by atoms with Gasteiger partial charge in [0.05, 0.1) is 6.20 Å². The van der Waals surface area contributed by atoms with Crippen LogP contribution in [0.1, 0.15) is 21.5 Å². The first-order valence-electron chi connectivity index (χ1n) is 8.23. The Labute approximate surface area is 157 Å². The van der Waals surface area contributed by atoms with Gasteiger partial charge in [-0.3, -0.25) is 9.78 Å². The van der Waals surface area contributed by atoms with Gasteiger partial charge in [-0.1, -0.05) is 12.1 Å². The highest BCUT2D eigenvalue weighted by molar-refractivity contribution is 7.97. The van der Waals surface area contributed by atoms with Crippen molar-refractivity contribution in [2.45, 2.75) is 12.7 Å². The minimum absolute atomic E-state index is 0.124. The van der Waals surface area contributed by atoms with Gasteiger partial charge >= 0.3 is 0 Å². The molecule has 0 aliphatic carbocycles. The number of benzene rings is 2. The van der Waals surface area contributed by atoms with Crippen LogP contribution in [-0.4, -0.2) is 17.1 Å². The lowest BCUT2D eigenvalue weighted by atomic mass is 10.1. The number of anilines is 1. The summed E-state index contributed by atoms with van der Waals surface area (Å²) in [5, 5.41) is 2.93. The maximum absolute atomic E-state index is 12.4. The zero-order chi connectivity index (χ0) is 18.4. The van der Waals surface area contributed by atoms with Crippen LogP contribution >= 0.6 is 11.8 Å². The summed E-state index contributed by atoms with van der Waals surface area (Å²) >= 11 is 1.76. The number of nitrogens with zero attached hydrogens (tertiary/aromatic N) is 1. The smallest absolute Gasteiger partial charge is 0.255 e. The largest absolute Gasteiger partial charge is 0.455 e. The topological polar surface area (TPSA) is 51.2 Å². The van der Waals surface area contributed by atoms with Gasteiger partial charge in [-0.15, -0.1) is 0 Å². The Morgan fingerprint density at radius 2 is 1.96 bits per heavy atom. The van der Waals surface area contributed by atoms with E-state index in [1.54, 1.807) is 24.2 Å². The van der Waals surface area contributed by atoms with E-state index in [-0.39, 0.29) is 5.91 Å². The molecule has 0 saturated carbocycles. The Hall–Kier alpha value is -2.79. The van der Waals surface area contributed by atoms with Crippen molar-refractivity contribution < 1.29 is 9.53 Å². The van der Waals surface area contributed by atoms with E-state index < -0.39 is 0 Å². The highest BCUT2D eigenvalue weighted by Crippen LogP contribution is 2.27. The third-order valence-electron chi connectivity index (χ3n) is 3.82. The maximum Gasteiger partial charge on any atom is 0.255 e. The average molecular weight is 364 g/mol. The van der Waals surface area contributed by atoms with Crippen LogP contribution in [0.2, 0.25) is 0 Å². The summed E-state index contributed by atoms with van der Waals surface area (Å²) in [5.41, 5.74) is 3.52. The number of aromatic nitrogens is 1. The molecular weight excluding hydrogens is 344 g/mol. The number of carbonyl (C=O) groups excluding carboxylic acids is 1. The number of aryl methyl sites for hydroxylation is 1. The summed E-state index contributed by atoms with van der Waals surface area (Å²) in [6.07, 6.45) is 5.42. The second-order valence-corrected chi connectivity index (χ2v) is 6.72. The fourth-order valence-electron chi connectivity index (χ4n) is 2.50.